The third-order valence-corrected chi connectivity index (χ3v) is 13.3. The molecule has 1 aromatic carbocycles. The molecule has 14 nitrogen and oxygen atoms in total. The van der Waals surface area contributed by atoms with Crippen LogP contribution in [0.25, 0.3) is 6.08 Å². The number of hydrogen-bond acceptors (Lipinski definition) is 12. The molecule has 4 saturated heterocycles. The van der Waals surface area contributed by atoms with Gasteiger partial charge in [-0.15, -0.1) is 0 Å². The van der Waals surface area contributed by atoms with Crippen LogP contribution in [0.4, 0.5) is 0 Å². The lowest BCUT2D eigenvalue weighted by Crippen LogP contribution is -2.69. The molecule has 6 aliphatic rings. The average molecular weight is 852 g/mol. The maximum Gasteiger partial charge on any atom is 0.327 e. The van der Waals surface area contributed by atoms with Gasteiger partial charge in [0.05, 0.1) is 31.4 Å². The molecule has 338 valence electrons. The van der Waals surface area contributed by atoms with Crippen molar-refractivity contribution in [2.45, 2.75) is 198 Å². The first-order valence-electron chi connectivity index (χ1n) is 23.1. The Morgan fingerprint density at radius 1 is 0.984 bits per heavy atom. The lowest BCUT2D eigenvalue weighted by Gasteiger charge is -2.48. The zero-order valence-corrected chi connectivity index (χ0v) is 36.9. The Morgan fingerprint density at radius 3 is 2.43 bits per heavy atom. The molecule has 2 bridgehead atoms. The smallest absolute Gasteiger partial charge is 0.327 e. The highest BCUT2D eigenvalue weighted by Gasteiger charge is 2.76. The Balaban J connectivity index is 1.10. The third kappa shape index (κ3) is 10.5. The van der Waals surface area contributed by atoms with Gasteiger partial charge < -0.3 is 39.4 Å². The van der Waals surface area contributed by atoms with Crippen LogP contribution >= 0.6 is 0 Å². The second kappa shape index (κ2) is 19.6. The Bertz CT molecular complexity index is 1740. The van der Waals surface area contributed by atoms with Crippen LogP contribution < -0.4 is 10.6 Å². The highest BCUT2D eigenvalue weighted by Crippen LogP contribution is 2.58. The van der Waals surface area contributed by atoms with Crippen molar-refractivity contribution in [2.75, 3.05) is 13.2 Å². The molecule has 3 N–H and O–H groups in total. The van der Waals surface area contributed by atoms with Crippen LogP contribution in [0.5, 0.6) is 0 Å². The zero-order valence-electron chi connectivity index (χ0n) is 36.9. The van der Waals surface area contributed by atoms with E-state index in [-0.39, 0.29) is 45.4 Å². The summed E-state index contributed by atoms with van der Waals surface area (Å²) in [6.07, 6.45) is 13.2. The zero-order chi connectivity index (χ0) is 43.4. The summed E-state index contributed by atoms with van der Waals surface area (Å²) in [4.78, 5) is 61.5. The Labute approximate surface area is 361 Å². The van der Waals surface area contributed by atoms with Gasteiger partial charge in [-0.1, -0.05) is 75.9 Å². The van der Waals surface area contributed by atoms with Crippen LogP contribution in [0.2, 0.25) is 0 Å². The van der Waals surface area contributed by atoms with Crippen LogP contribution in [-0.2, 0) is 54.2 Å². The van der Waals surface area contributed by atoms with Gasteiger partial charge in [-0.05, 0) is 76.3 Å². The number of amides is 2. The summed E-state index contributed by atoms with van der Waals surface area (Å²) in [6, 6.07) is 6.30. The van der Waals surface area contributed by atoms with Gasteiger partial charge in [-0.3, -0.25) is 24.0 Å². The predicted molar refractivity (Wildman–Crippen MR) is 225 cm³/mol. The number of carbonyl (C=O) groups is 4. The first-order valence-corrected chi connectivity index (χ1v) is 23.1. The molecule has 10 atom stereocenters. The number of aliphatic hydroxyl groups is 1. The molecule has 14 heteroatoms. The van der Waals surface area contributed by atoms with E-state index in [2.05, 4.69) is 42.7 Å². The van der Waals surface area contributed by atoms with E-state index in [1.807, 2.05) is 18.2 Å². The number of fused-ring (bicyclic) bond motifs is 5. The monoisotopic (exact) mass is 851 g/mol. The van der Waals surface area contributed by atoms with Gasteiger partial charge in [-0.25, -0.2) is 0 Å². The van der Waals surface area contributed by atoms with Gasteiger partial charge in [0.1, 0.15) is 35.4 Å². The minimum atomic E-state index is -1.39. The van der Waals surface area contributed by atoms with Crippen molar-refractivity contribution < 1.29 is 52.8 Å². The number of unbranched alkanes of at least 4 members (excludes halogenated alkanes) is 4. The van der Waals surface area contributed by atoms with E-state index in [1.165, 1.54) is 0 Å². The molecule has 6 fully saturated rings. The summed E-state index contributed by atoms with van der Waals surface area (Å²) in [5.74, 6) is -2.23. The van der Waals surface area contributed by atoms with E-state index < -0.39 is 77.1 Å². The van der Waals surface area contributed by atoms with Crippen molar-refractivity contribution in [2.24, 2.45) is 11.3 Å². The number of nitrogens with one attached hydrogen (secondary N) is 2. The van der Waals surface area contributed by atoms with E-state index >= 15 is 0 Å². The number of ether oxygens (including phenoxy) is 5. The lowest BCUT2D eigenvalue weighted by molar-refractivity contribution is -0.224. The number of nitrogens with zero attached hydrogens (tertiary/aromatic N) is 1. The standard InChI is InChI=1S/C47H69N3O11/c1-6-8-12-23-46(24-13-9-7-2)59-39-36-27-47(44(55)48-25-22-37(52)49-33(29-51)19-21-38(53)58-45(3,4)5)41(43(54)57-36)50(61-42(47)40(39)60-46)28-32-15-11-10-14-31(32)18-16-30-17-20-34-35(26-30)56-34/h10-11,14-16,18,30,33-36,39-42,51H,6-9,12-13,17,19-29H2,1-5H3,(H,48,55)(H,49,52)/t30?,33-,34?,35?,36+,39-,40-,41+,42+,47+/m0/s1. The van der Waals surface area contributed by atoms with Crippen LogP contribution in [0.1, 0.15) is 142 Å². The number of hydroxylamine groups is 2. The van der Waals surface area contributed by atoms with Crippen molar-refractivity contribution in [3.8, 4) is 0 Å². The first-order chi connectivity index (χ1) is 29.3. The van der Waals surface area contributed by atoms with E-state index in [4.69, 9.17) is 28.5 Å². The number of aliphatic hydroxyl groups excluding tert-OH is 1. The van der Waals surface area contributed by atoms with Crippen molar-refractivity contribution in [3.63, 3.8) is 0 Å². The van der Waals surface area contributed by atoms with Crippen LogP contribution in [0, 0.1) is 11.3 Å². The van der Waals surface area contributed by atoms with E-state index in [9.17, 15) is 24.3 Å². The van der Waals surface area contributed by atoms with Crippen LogP contribution in [0.15, 0.2) is 30.3 Å². The average Bonchev–Trinajstić information content (AvgIpc) is 3.76. The number of rotatable bonds is 21. The maximum absolute atomic E-state index is 14.9. The molecule has 0 aromatic heterocycles. The van der Waals surface area contributed by atoms with Gasteiger partial charge in [0.15, 0.2) is 11.8 Å². The molecule has 2 amide bonds. The topological polar surface area (TPSA) is 174 Å². The molecule has 1 aromatic rings. The van der Waals surface area contributed by atoms with Gasteiger partial charge in [0.25, 0.3) is 0 Å². The second-order valence-electron chi connectivity index (χ2n) is 19.1. The van der Waals surface area contributed by atoms with Gasteiger partial charge in [0, 0.05) is 38.6 Å². The van der Waals surface area contributed by atoms with Crippen LogP contribution in [-0.4, -0.2) is 107 Å². The quantitative estimate of drug-likeness (QED) is 0.0771. The SMILES string of the molecule is CCCCCC1(CCCCC)O[C@@H]2[C@H](O1)[C@H]1ON(Cc3ccccc3C=CC3CCC4OC4C3)[C@@H]3C(=O)O[C@@H]2C[C@]13C(=O)NCCC(=O)N[C@H](CO)CCC(=O)OC(C)(C)C. The molecular formula is C47H69N3O11. The van der Waals surface area contributed by atoms with E-state index in [0.717, 1.165) is 68.9 Å². The molecule has 0 radical (unpaired) electrons. The third-order valence-electron chi connectivity index (χ3n) is 13.3. The number of epoxide rings is 1. The lowest BCUT2D eigenvalue weighted by atomic mass is 9.62. The summed E-state index contributed by atoms with van der Waals surface area (Å²) >= 11 is 0. The number of carbonyl (C=O) groups excluding carboxylic acids is 4. The number of allylic oxidation sites excluding steroid dienone is 1. The molecular weight excluding hydrogens is 783 g/mol. The Hall–Kier alpha value is -3.40. The Morgan fingerprint density at radius 2 is 1.72 bits per heavy atom. The van der Waals surface area contributed by atoms with Crippen molar-refractivity contribution in [1.29, 1.82) is 0 Å². The normalized spacial score (nSPS) is 31.5. The first kappa shape index (κ1) is 45.6. The summed E-state index contributed by atoms with van der Waals surface area (Å²) in [7, 11) is 0. The molecule has 7 rings (SSSR count). The predicted octanol–water partition coefficient (Wildman–Crippen LogP) is 5.81. The minimum absolute atomic E-state index is 0.0271. The fourth-order valence-electron chi connectivity index (χ4n) is 10.2. The molecule has 4 aliphatic heterocycles. The van der Waals surface area contributed by atoms with Crippen molar-refractivity contribution in [1.82, 2.24) is 15.7 Å². The summed E-state index contributed by atoms with van der Waals surface area (Å²) in [6.45, 7) is 9.49. The summed E-state index contributed by atoms with van der Waals surface area (Å²) in [5.41, 5.74) is -0.0884. The Kier molecular flexibility index (Phi) is 14.6. The number of hydrogen-bond donors (Lipinski definition) is 3. The van der Waals surface area contributed by atoms with Gasteiger partial charge >= 0.3 is 11.9 Å². The molecule has 2 saturated carbocycles. The van der Waals surface area contributed by atoms with Gasteiger partial charge in [-0.2, -0.15) is 5.06 Å². The maximum atomic E-state index is 14.9. The van der Waals surface area contributed by atoms with Crippen molar-refractivity contribution in [3.05, 3.63) is 41.5 Å². The minimum Gasteiger partial charge on any atom is -0.460 e. The van der Waals surface area contributed by atoms with Gasteiger partial charge in [0.2, 0.25) is 11.8 Å². The molecule has 0 spiro atoms. The number of benzene rings is 1. The highest BCUT2D eigenvalue weighted by atomic mass is 16.8. The van der Waals surface area contributed by atoms with E-state index in [1.54, 1.807) is 25.8 Å². The van der Waals surface area contributed by atoms with Crippen LogP contribution in [0.3, 0.4) is 0 Å². The number of esters is 2. The second-order valence-corrected chi connectivity index (χ2v) is 19.1. The largest absolute Gasteiger partial charge is 0.460 e. The molecule has 61 heavy (non-hydrogen) atoms. The van der Waals surface area contributed by atoms with E-state index in [0.29, 0.717) is 31.0 Å². The molecule has 2 aliphatic carbocycles. The molecule has 3 unspecified atom stereocenters. The fourth-order valence-corrected chi connectivity index (χ4v) is 10.2. The fraction of sp³-hybridized carbons (Fsp3) is 0.745. The summed E-state index contributed by atoms with van der Waals surface area (Å²) < 4.78 is 31.3. The molecule has 4 heterocycles. The van der Waals surface area contributed by atoms with Crippen molar-refractivity contribution >= 4 is 29.8 Å². The highest BCUT2D eigenvalue weighted by molar-refractivity contribution is 5.94. The summed E-state index contributed by atoms with van der Waals surface area (Å²) in [5, 5.41) is 17.3.